The van der Waals surface area contributed by atoms with Crippen LogP contribution in [0.25, 0.3) is 0 Å². The van der Waals surface area contributed by atoms with Gasteiger partial charge in [-0.2, -0.15) is 4.37 Å². The third-order valence-corrected chi connectivity index (χ3v) is 4.08. The van der Waals surface area contributed by atoms with Gasteiger partial charge in [0.15, 0.2) is 0 Å². The van der Waals surface area contributed by atoms with Gasteiger partial charge in [-0.15, -0.1) is 0 Å². The molecule has 108 valence electrons. The van der Waals surface area contributed by atoms with Crippen LogP contribution in [0.2, 0.25) is 0 Å². The molecule has 2 rings (SSSR count). The lowest BCUT2D eigenvalue weighted by atomic mass is 10.1. The number of nitrogens with two attached hydrogens (primary N) is 2. The zero-order valence-corrected chi connectivity index (χ0v) is 12.6. The van der Waals surface area contributed by atoms with Gasteiger partial charge in [-0.1, -0.05) is 19.1 Å². The first-order valence-corrected chi connectivity index (χ1v) is 7.38. The summed E-state index contributed by atoms with van der Waals surface area (Å²) in [6.07, 6.45) is 1.52. The van der Waals surface area contributed by atoms with E-state index in [9.17, 15) is 0 Å². The minimum absolute atomic E-state index is 0.0724. The second-order valence-corrected chi connectivity index (χ2v) is 5.46. The fourth-order valence-corrected chi connectivity index (χ4v) is 2.58. The highest BCUT2D eigenvalue weighted by atomic mass is 32.1. The molecule has 2 aromatic rings. The summed E-state index contributed by atoms with van der Waals surface area (Å²) in [5, 5.41) is 0.808. The molecule has 0 spiro atoms. The molecule has 0 saturated carbocycles. The van der Waals surface area contributed by atoms with Crippen LogP contribution in [-0.4, -0.2) is 22.5 Å². The molecule has 20 heavy (non-hydrogen) atoms. The normalized spacial score (nSPS) is 14.0. The summed E-state index contributed by atoms with van der Waals surface area (Å²) in [5.41, 5.74) is 13.1. The molecule has 4 N–H and O–H groups in total. The van der Waals surface area contributed by atoms with Crippen molar-refractivity contribution in [2.24, 2.45) is 11.5 Å². The molecule has 2 unspecified atom stereocenters. The summed E-state index contributed by atoms with van der Waals surface area (Å²) >= 11 is 1.34. The van der Waals surface area contributed by atoms with Crippen molar-refractivity contribution >= 4 is 11.5 Å². The Morgan fingerprint density at radius 2 is 1.95 bits per heavy atom. The number of benzene rings is 1. The highest BCUT2D eigenvalue weighted by molar-refractivity contribution is 7.05. The van der Waals surface area contributed by atoms with Crippen molar-refractivity contribution in [2.75, 3.05) is 7.11 Å². The fraction of sp³-hybridized carbons (Fsp3) is 0.429. The Kier molecular flexibility index (Phi) is 5.05. The Morgan fingerprint density at radius 3 is 2.55 bits per heavy atom. The van der Waals surface area contributed by atoms with Gasteiger partial charge >= 0.3 is 0 Å². The first kappa shape index (κ1) is 14.9. The molecule has 0 aliphatic heterocycles. The van der Waals surface area contributed by atoms with Crippen LogP contribution in [0.1, 0.15) is 35.8 Å². The van der Waals surface area contributed by atoms with Crippen LogP contribution in [0.15, 0.2) is 24.3 Å². The molecular weight excluding hydrogens is 272 g/mol. The van der Waals surface area contributed by atoms with E-state index in [1.165, 1.54) is 11.5 Å². The molecule has 0 aliphatic carbocycles. The Labute approximate surface area is 123 Å². The van der Waals surface area contributed by atoms with Crippen LogP contribution >= 0.6 is 11.5 Å². The molecule has 0 bridgehead atoms. The van der Waals surface area contributed by atoms with Crippen molar-refractivity contribution in [3.8, 4) is 5.75 Å². The van der Waals surface area contributed by atoms with Gasteiger partial charge in [-0.25, -0.2) is 4.98 Å². The van der Waals surface area contributed by atoms with Crippen LogP contribution < -0.4 is 16.2 Å². The van der Waals surface area contributed by atoms with E-state index in [1.54, 1.807) is 7.11 Å². The van der Waals surface area contributed by atoms with E-state index in [0.717, 1.165) is 28.6 Å². The van der Waals surface area contributed by atoms with Crippen molar-refractivity contribution < 1.29 is 4.74 Å². The quantitative estimate of drug-likeness (QED) is 0.848. The van der Waals surface area contributed by atoms with Gasteiger partial charge in [-0.05, 0) is 35.6 Å². The lowest BCUT2D eigenvalue weighted by molar-refractivity contribution is 0.414. The predicted molar refractivity (Wildman–Crippen MR) is 80.9 cm³/mol. The molecule has 1 aromatic heterocycles. The van der Waals surface area contributed by atoms with E-state index >= 15 is 0 Å². The molecule has 0 amide bonds. The molecule has 5 nitrogen and oxygen atoms in total. The number of hydrogen-bond acceptors (Lipinski definition) is 6. The standard InChI is InChI=1S/C14H20N4OS/c1-3-11(15)13(16)14-17-12(18-20-14)8-9-4-6-10(19-2)7-5-9/h4-7,11,13H,3,8,15-16H2,1-2H3. The SMILES string of the molecule is CCC(N)C(N)c1nc(Cc2ccc(OC)cc2)ns1. The largest absolute Gasteiger partial charge is 0.497 e. The number of nitrogens with zero attached hydrogens (tertiary/aromatic N) is 2. The van der Waals surface area contributed by atoms with Gasteiger partial charge in [0.1, 0.15) is 16.6 Å². The third-order valence-electron chi connectivity index (χ3n) is 3.22. The lowest BCUT2D eigenvalue weighted by Crippen LogP contribution is -2.33. The highest BCUT2D eigenvalue weighted by Crippen LogP contribution is 2.19. The summed E-state index contributed by atoms with van der Waals surface area (Å²) in [7, 11) is 1.65. The second-order valence-electron chi connectivity index (χ2n) is 4.67. The topological polar surface area (TPSA) is 87.1 Å². The number of methoxy groups -OCH3 is 1. The van der Waals surface area contributed by atoms with E-state index in [-0.39, 0.29) is 12.1 Å². The summed E-state index contributed by atoms with van der Waals surface area (Å²) in [4.78, 5) is 4.49. The predicted octanol–water partition coefficient (Wildman–Crippen LogP) is 1.87. The molecule has 0 fully saturated rings. The average molecular weight is 292 g/mol. The first-order chi connectivity index (χ1) is 9.63. The van der Waals surface area contributed by atoms with E-state index in [0.29, 0.717) is 6.42 Å². The van der Waals surface area contributed by atoms with Crippen LogP contribution in [0.4, 0.5) is 0 Å². The minimum atomic E-state index is -0.234. The monoisotopic (exact) mass is 292 g/mol. The third kappa shape index (κ3) is 3.53. The van der Waals surface area contributed by atoms with Crippen LogP contribution in [0.3, 0.4) is 0 Å². The van der Waals surface area contributed by atoms with E-state index in [1.807, 2.05) is 31.2 Å². The number of ether oxygens (including phenoxy) is 1. The Balaban J connectivity index is 2.05. The lowest BCUT2D eigenvalue weighted by Gasteiger charge is -2.14. The number of hydrogen-bond donors (Lipinski definition) is 2. The smallest absolute Gasteiger partial charge is 0.147 e. The summed E-state index contributed by atoms with van der Waals surface area (Å²) in [5.74, 6) is 1.63. The Bertz CT molecular complexity index is 540. The summed E-state index contributed by atoms with van der Waals surface area (Å²) < 4.78 is 9.49. The van der Waals surface area contributed by atoms with Gasteiger partial charge in [0.05, 0.1) is 13.2 Å². The average Bonchev–Trinajstić information content (AvgIpc) is 2.95. The molecule has 1 heterocycles. The Hall–Kier alpha value is -1.50. The maximum atomic E-state index is 6.06. The molecular formula is C14H20N4OS. The fourth-order valence-electron chi connectivity index (χ4n) is 1.84. The Morgan fingerprint density at radius 1 is 1.25 bits per heavy atom. The maximum Gasteiger partial charge on any atom is 0.147 e. The number of rotatable bonds is 6. The zero-order valence-electron chi connectivity index (χ0n) is 11.7. The molecule has 0 radical (unpaired) electrons. The number of aromatic nitrogens is 2. The maximum absolute atomic E-state index is 6.06. The van der Waals surface area contributed by atoms with Crippen molar-refractivity contribution in [2.45, 2.75) is 31.8 Å². The second kappa shape index (κ2) is 6.78. The van der Waals surface area contributed by atoms with E-state index in [4.69, 9.17) is 16.2 Å². The van der Waals surface area contributed by atoms with Gasteiger partial charge in [-0.3, -0.25) is 0 Å². The van der Waals surface area contributed by atoms with Crippen molar-refractivity contribution in [3.63, 3.8) is 0 Å². The molecule has 0 saturated heterocycles. The van der Waals surface area contributed by atoms with Crippen LogP contribution in [0.5, 0.6) is 5.75 Å². The van der Waals surface area contributed by atoms with E-state index < -0.39 is 0 Å². The highest BCUT2D eigenvalue weighted by Gasteiger charge is 2.18. The molecule has 0 aliphatic rings. The molecule has 2 atom stereocenters. The van der Waals surface area contributed by atoms with Crippen molar-refractivity contribution in [1.82, 2.24) is 9.36 Å². The van der Waals surface area contributed by atoms with Gasteiger partial charge in [0.25, 0.3) is 0 Å². The van der Waals surface area contributed by atoms with Crippen LogP contribution in [-0.2, 0) is 6.42 Å². The molecule has 1 aromatic carbocycles. The van der Waals surface area contributed by atoms with Gasteiger partial charge < -0.3 is 16.2 Å². The van der Waals surface area contributed by atoms with E-state index in [2.05, 4.69) is 9.36 Å². The molecule has 6 heteroatoms. The van der Waals surface area contributed by atoms with Crippen LogP contribution in [0, 0.1) is 0 Å². The minimum Gasteiger partial charge on any atom is -0.497 e. The van der Waals surface area contributed by atoms with Crippen molar-refractivity contribution in [1.29, 1.82) is 0 Å². The van der Waals surface area contributed by atoms with Gasteiger partial charge in [0, 0.05) is 12.5 Å². The summed E-state index contributed by atoms with van der Waals surface area (Å²) in [6.45, 7) is 2.02. The van der Waals surface area contributed by atoms with Crippen molar-refractivity contribution in [3.05, 3.63) is 40.7 Å². The zero-order chi connectivity index (χ0) is 14.5. The first-order valence-electron chi connectivity index (χ1n) is 6.60. The summed E-state index contributed by atoms with van der Waals surface area (Å²) in [6, 6.07) is 7.58. The van der Waals surface area contributed by atoms with Gasteiger partial charge in [0.2, 0.25) is 0 Å².